The number of nitriles is 1. The molecule has 0 aliphatic rings. The number of nitrogens with one attached hydrogen (secondary N) is 1. The van der Waals surface area contributed by atoms with Crippen LogP contribution in [-0.2, 0) is 9.53 Å². The summed E-state index contributed by atoms with van der Waals surface area (Å²) in [6, 6.07) is 7.69. The fourth-order valence-electron chi connectivity index (χ4n) is 1.40. The Kier molecular flexibility index (Phi) is 5.94. The molecule has 1 aromatic rings. The summed E-state index contributed by atoms with van der Waals surface area (Å²) in [6.45, 7) is 0.671. The van der Waals surface area contributed by atoms with Crippen LogP contribution >= 0.6 is 0 Å². The number of nitrogens with zero attached hydrogens (tertiary/aromatic N) is 1. The maximum absolute atomic E-state index is 11.7. The summed E-state index contributed by atoms with van der Waals surface area (Å²) in [5.74, 6) is -1.52. The van der Waals surface area contributed by atoms with E-state index < -0.39 is 11.9 Å². The van der Waals surface area contributed by atoms with Crippen molar-refractivity contribution in [2.75, 3.05) is 20.3 Å². The van der Waals surface area contributed by atoms with E-state index in [0.717, 1.165) is 0 Å². The van der Waals surface area contributed by atoms with Crippen molar-refractivity contribution in [3.63, 3.8) is 0 Å². The van der Waals surface area contributed by atoms with Gasteiger partial charge in [0.1, 0.15) is 11.6 Å². The van der Waals surface area contributed by atoms with Crippen LogP contribution in [0, 0.1) is 11.3 Å². The van der Waals surface area contributed by atoms with Crippen molar-refractivity contribution < 1.29 is 19.4 Å². The van der Waals surface area contributed by atoms with Crippen LogP contribution in [0.3, 0.4) is 0 Å². The molecular weight excluding hydrogens is 260 g/mol. The molecule has 6 heteroatoms. The molecule has 0 spiro atoms. The molecular formula is C14H14N2O4. The molecule has 0 saturated carbocycles. The predicted octanol–water partition coefficient (Wildman–Crippen LogP) is 1.05. The first-order valence-electron chi connectivity index (χ1n) is 5.80. The molecule has 0 fully saturated rings. The standard InChI is InChI=1S/C14H14N2O4/c1-20-7-6-16-13(17)12(9-15)8-10-2-4-11(5-3-10)14(18)19/h2-5,8H,6-7H2,1H3,(H,16,17)(H,18,19)/b12-8+. The summed E-state index contributed by atoms with van der Waals surface area (Å²) >= 11 is 0. The number of aromatic carboxylic acids is 1. The molecule has 0 aromatic heterocycles. The second-order valence-electron chi connectivity index (χ2n) is 3.85. The van der Waals surface area contributed by atoms with Gasteiger partial charge in [0.05, 0.1) is 12.2 Å². The number of benzene rings is 1. The van der Waals surface area contributed by atoms with Crippen LogP contribution in [0.1, 0.15) is 15.9 Å². The minimum Gasteiger partial charge on any atom is -0.478 e. The number of rotatable bonds is 6. The van der Waals surface area contributed by atoms with E-state index in [1.165, 1.54) is 37.5 Å². The van der Waals surface area contributed by atoms with Crippen LogP contribution in [0.25, 0.3) is 6.08 Å². The van der Waals surface area contributed by atoms with Crippen molar-refractivity contribution in [3.05, 3.63) is 41.0 Å². The second kappa shape index (κ2) is 7.71. The van der Waals surface area contributed by atoms with Crippen molar-refractivity contribution >= 4 is 18.0 Å². The summed E-state index contributed by atoms with van der Waals surface area (Å²) < 4.78 is 4.79. The highest BCUT2D eigenvalue weighted by molar-refractivity contribution is 6.01. The predicted molar refractivity (Wildman–Crippen MR) is 71.9 cm³/mol. The molecule has 0 saturated heterocycles. The SMILES string of the molecule is COCCNC(=O)/C(C#N)=C/c1ccc(C(=O)O)cc1. The quantitative estimate of drug-likeness (QED) is 0.459. The van der Waals surface area contributed by atoms with Gasteiger partial charge in [-0.25, -0.2) is 4.79 Å². The van der Waals surface area contributed by atoms with Crippen LogP contribution in [-0.4, -0.2) is 37.2 Å². The first-order valence-corrected chi connectivity index (χ1v) is 5.80. The summed E-state index contributed by atoms with van der Waals surface area (Å²) in [4.78, 5) is 22.4. The van der Waals surface area contributed by atoms with Crippen molar-refractivity contribution in [3.8, 4) is 6.07 Å². The normalized spacial score (nSPS) is 10.7. The maximum Gasteiger partial charge on any atom is 0.335 e. The molecule has 0 bridgehead atoms. The van der Waals surface area contributed by atoms with E-state index in [2.05, 4.69) is 5.32 Å². The molecule has 0 aliphatic heterocycles. The minimum atomic E-state index is -1.03. The van der Waals surface area contributed by atoms with E-state index in [1.807, 2.05) is 0 Å². The fraction of sp³-hybridized carbons (Fsp3) is 0.214. The van der Waals surface area contributed by atoms with Gasteiger partial charge in [-0.1, -0.05) is 12.1 Å². The Morgan fingerprint density at radius 2 is 2.05 bits per heavy atom. The van der Waals surface area contributed by atoms with Gasteiger partial charge in [-0.3, -0.25) is 4.79 Å². The molecule has 1 aromatic carbocycles. The van der Waals surface area contributed by atoms with E-state index in [9.17, 15) is 9.59 Å². The highest BCUT2D eigenvalue weighted by Gasteiger charge is 2.08. The number of carbonyl (C=O) groups is 2. The molecule has 104 valence electrons. The highest BCUT2D eigenvalue weighted by Crippen LogP contribution is 2.09. The van der Waals surface area contributed by atoms with Crippen molar-refractivity contribution in [1.29, 1.82) is 5.26 Å². The van der Waals surface area contributed by atoms with Crippen LogP contribution in [0.4, 0.5) is 0 Å². The number of carbonyl (C=O) groups excluding carboxylic acids is 1. The minimum absolute atomic E-state index is 0.0517. The van der Waals surface area contributed by atoms with Crippen molar-refractivity contribution in [2.45, 2.75) is 0 Å². The molecule has 1 rings (SSSR count). The lowest BCUT2D eigenvalue weighted by molar-refractivity contribution is -0.117. The molecule has 0 aliphatic carbocycles. The van der Waals surface area contributed by atoms with E-state index in [1.54, 1.807) is 6.07 Å². The zero-order chi connectivity index (χ0) is 15.0. The summed E-state index contributed by atoms with van der Waals surface area (Å²) in [5.41, 5.74) is 0.669. The van der Waals surface area contributed by atoms with Crippen molar-refractivity contribution in [1.82, 2.24) is 5.32 Å². The molecule has 0 unspecified atom stereocenters. The smallest absolute Gasteiger partial charge is 0.335 e. The third-order valence-electron chi connectivity index (χ3n) is 2.43. The average molecular weight is 274 g/mol. The lowest BCUT2D eigenvalue weighted by atomic mass is 10.1. The number of hydrogen-bond donors (Lipinski definition) is 2. The van der Waals surface area contributed by atoms with Gasteiger partial charge in [0.15, 0.2) is 0 Å². The first kappa shape index (κ1) is 15.4. The molecule has 6 nitrogen and oxygen atoms in total. The summed E-state index contributed by atoms with van der Waals surface area (Å²) in [5, 5.41) is 20.3. The monoisotopic (exact) mass is 274 g/mol. The Morgan fingerprint density at radius 1 is 1.40 bits per heavy atom. The lowest BCUT2D eigenvalue weighted by Crippen LogP contribution is -2.27. The van der Waals surface area contributed by atoms with Gasteiger partial charge in [0.2, 0.25) is 0 Å². The summed E-state index contributed by atoms with van der Waals surface area (Å²) in [6.07, 6.45) is 1.40. The molecule has 0 heterocycles. The Morgan fingerprint density at radius 3 is 2.55 bits per heavy atom. The summed E-state index contributed by atoms with van der Waals surface area (Å²) in [7, 11) is 1.51. The van der Waals surface area contributed by atoms with Crippen LogP contribution in [0.5, 0.6) is 0 Å². The van der Waals surface area contributed by atoms with Gasteiger partial charge in [-0.05, 0) is 23.8 Å². The zero-order valence-corrected chi connectivity index (χ0v) is 10.9. The Balaban J connectivity index is 2.81. The number of hydrogen-bond acceptors (Lipinski definition) is 4. The molecule has 0 atom stereocenters. The van der Waals surface area contributed by atoms with E-state index in [-0.39, 0.29) is 11.1 Å². The molecule has 20 heavy (non-hydrogen) atoms. The van der Waals surface area contributed by atoms with Gasteiger partial charge in [0.25, 0.3) is 5.91 Å². The van der Waals surface area contributed by atoms with Crippen LogP contribution in [0.2, 0.25) is 0 Å². The van der Waals surface area contributed by atoms with Gasteiger partial charge in [-0.2, -0.15) is 5.26 Å². The Bertz CT molecular complexity index is 556. The highest BCUT2D eigenvalue weighted by atomic mass is 16.5. The van der Waals surface area contributed by atoms with Crippen LogP contribution < -0.4 is 5.32 Å². The number of carboxylic acid groups (broad SMARTS) is 1. The van der Waals surface area contributed by atoms with Crippen molar-refractivity contribution in [2.24, 2.45) is 0 Å². The molecule has 2 N–H and O–H groups in total. The largest absolute Gasteiger partial charge is 0.478 e. The molecule has 1 amide bonds. The van der Waals surface area contributed by atoms with Gasteiger partial charge < -0.3 is 15.2 Å². The third-order valence-corrected chi connectivity index (χ3v) is 2.43. The van der Waals surface area contributed by atoms with Gasteiger partial charge in [-0.15, -0.1) is 0 Å². The number of methoxy groups -OCH3 is 1. The molecule has 0 radical (unpaired) electrons. The first-order chi connectivity index (χ1) is 9.58. The lowest BCUT2D eigenvalue weighted by Gasteiger charge is -2.03. The van der Waals surface area contributed by atoms with E-state index in [0.29, 0.717) is 18.7 Å². The zero-order valence-electron chi connectivity index (χ0n) is 10.9. The number of amides is 1. The van der Waals surface area contributed by atoms with E-state index >= 15 is 0 Å². The topological polar surface area (TPSA) is 99.4 Å². The van der Waals surface area contributed by atoms with Gasteiger partial charge >= 0.3 is 5.97 Å². The van der Waals surface area contributed by atoms with E-state index in [4.69, 9.17) is 15.1 Å². The third kappa shape index (κ3) is 4.55. The fourth-order valence-corrected chi connectivity index (χ4v) is 1.40. The number of carboxylic acids is 1. The number of ether oxygens (including phenoxy) is 1. The maximum atomic E-state index is 11.7. The Hall–Kier alpha value is -2.65. The van der Waals surface area contributed by atoms with Crippen LogP contribution in [0.15, 0.2) is 29.8 Å². The second-order valence-corrected chi connectivity index (χ2v) is 3.85. The Labute approximate surface area is 116 Å². The average Bonchev–Trinajstić information content (AvgIpc) is 2.45. The van der Waals surface area contributed by atoms with Gasteiger partial charge in [0, 0.05) is 13.7 Å².